The van der Waals surface area contributed by atoms with Crippen LogP contribution in [0.5, 0.6) is 0 Å². The predicted molar refractivity (Wildman–Crippen MR) is 93.3 cm³/mol. The second-order valence-electron chi connectivity index (χ2n) is 5.23. The minimum Gasteiger partial charge on any atom is -0.357 e. The highest BCUT2D eigenvalue weighted by molar-refractivity contribution is 8.05. The smallest absolute Gasteiger partial charge is 0.260 e. The number of rotatable bonds is 4. The minimum atomic E-state index is -0.312. The first-order chi connectivity index (χ1) is 11.1. The number of nitrogens with one attached hydrogen (secondary N) is 2. The summed E-state index contributed by atoms with van der Waals surface area (Å²) in [5.74, 6) is -0.463. The average molecular weight is 328 g/mol. The van der Waals surface area contributed by atoms with Gasteiger partial charge in [-0.2, -0.15) is 0 Å². The van der Waals surface area contributed by atoms with Gasteiger partial charge in [0.05, 0.1) is 4.91 Å². The molecule has 5 heteroatoms. The Morgan fingerprint density at radius 2 is 2.04 bits per heavy atom. The molecule has 1 saturated heterocycles. The van der Waals surface area contributed by atoms with Crippen molar-refractivity contribution < 1.29 is 9.18 Å². The summed E-state index contributed by atoms with van der Waals surface area (Å²) in [5, 5.41) is 6.13. The van der Waals surface area contributed by atoms with E-state index in [0.717, 1.165) is 12.1 Å². The highest BCUT2D eigenvalue weighted by Gasteiger charge is 2.27. The topological polar surface area (TPSA) is 41.1 Å². The first-order valence-corrected chi connectivity index (χ1v) is 8.32. The number of anilines is 1. The predicted octanol–water partition coefficient (Wildman–Crippen LogP) is 3.99. The van der Waals surface area contributed by atoms with Crippen LogP contribution >= 0.6 is 11.8 Å². The Hall–Kier alpha value is -2.27. The van der Waals surface area contributed by atoms with Crippen LogP contribution in [0.3, 0.4) is 0 Å². The maximum Gasteiger partial charge on any atom is 0.260 e. The van der Waals surface area contributed by atoms with Crippen molar-refractivity contribution in [1.29, 1.82) is 0 Å². The maximum atomic E-state index is 13.2. The zero-order valence-corrected chi connectivity index (χ0v) is 13.5. The molecule has 1 heterocycles. The third kappa shape index (κ3) is 3.93. The van der Waals surface area contributed by atoms with Crippen LogP contribution in [0.25, 0.3) is 6.08 Å². The molecule has 0 aliphatic carbocycles. The fourth-order valence-electron chi connectivity index (χ4n) is 2.30. The van der Waals surface area contributed by atoms with Crippen LogP contribution in [-0.4, -0.2) is 11.4 Å². The molecule has 1 aliphatic rings. The van der Waals surface area contributed by atoms with Gasteiger partial charge in [0, 0.05) is 5.69 Å². The lowest BCUT2D eigenvalue weighted by Gasteiger charge is -2.12. The number of carbonyl (C=O) groups is 1. The van der Waals surface area contributed by atoms with Crippen LogP contribution in [0, 0.1) is 5.82 Å². The summed E-state index contributed by atoms with van der Waals surface area (Å²) >= 11 is 1.39. The van der Waals surface area contributed by atoms with Gasteiger partial charge in [-0.25, -0.2) is 4.39 Å². The van der Waals surface area contributed by atoms with Gasteiger partial charge in [-0.05, 0) is 47.9 Å². The molecule has 0 radical (unpaired) electrons. The largest absolute Gasteiger partial charge is 0.357 e. The molecular weight excluding hydrogens is 311 g/mol. The van der Waals surface area contributed by atoms with Gasteiger partial charge in [-0.1, -0.05) is 43.0 Å². The van der Waals surface area contributed by atoms with Gasteiger partial charge in [0.15, 0.2) is 5.50 Å². The lowest BCUT2D eigenvalue weighted by Crippen LogP contribution is -2.30. The highest BCUT2D eigenvalue weighted by atomic mass is 32.2. The van der Waals surface area contributed by atoms with Gasteiger partial charge in [0.25, 0.3) is 5.91 Å². The van der Waals surface area contributed by atoms with E-state index in [-0.39, 0.29) is 17.2 Å². The summed E-state index contributed by atoms with van der Waals surface area (Å²) in [6.45, 7) is 2.11. The number of hydrogen-bond acceptors (Lipinski definition) is 3. The van der Waals surface area contributed by atoms with E-state index in [1.807, 2.05) is 12.1 Å². The van der Waals surface area contributed by atoms with Crippen molar-refractivity contribution in [3.63, 3.8) is 0 Å². The second-order valence-corrected chi connectivity index (χ2v) is 6.38. The number of aryl methyl sites for hydroxylation is 1. The first-order valence-electron chi connectivity index (χ1n) is 7.44. The van der Waals surface area contributed by atoms with Crippen LogP contribution in [0.4, 0.5) is 10.1 Å². The summed E-state index contributed by atoms with van der Waals surface area (Å²) in [7, 11) is 0. The summed E-state index contributed by atoms with van der Waals surface area (Å²) in [6.07, 6.45) is 2.70. The van der Waals surface area contributed by atoms with Crippen molar-refractivity contribution in [2.45, 2.75) is 18.8 Å². The second kappa shape index (κ2) is 6.87. The monoisotopic (exact) mass is 328 g/mol. The van der Waals surface area contributed by atoms with Crippen molar-refractivity contribution in [3.05, 3.63) is 70.4 Å². The number of carbonyl (C=O) groups excluding carboxylic acids is 1. The van der Waals surface area contributed by atoms with Gasteiger partial charge in [-0.3, -0.25) is 4.79 Å². The van der Waals surface area contributed by atoms with Gasteiger partial charge < -0.3 is 10.6 Å². The standard InChI is InChI=1S/C18H17FN2OS/c1-2-12-6-8-15(9-7-12)20-18-21-17(22)16(23-18)11-13-4-3-5-14(19)10-13/h3-11,18,20H,2H2,1H3,(H,21,22)/b16-11-/t18-/m0/s1. The molecule has 3 nitrogen and oxygen atoms in total. The van der Waals surface area contributed by atoms with E-state index >= 15 is 0 Å². The first kappa shape index (κ1) is 15.6. The van der Waals surface area contributed by atoms with Crippen molar-refractivity contribution in [2.24, 2.45) is 0 Å². The Bertz CT molecular complexity index is 743. The Morgan fingerprint density at radius 1 is 1.26 bits per heavy atom. The average Bonchev–Trinajstić information content (AvgIpc) is 2.87. The summed E-state index contributed by atoms with van der Waals surface area (Å²) in [5.41, 5.74) is 2.67. The van der Waals surface area contributed by atoms with E-state index in [1.165, 1.54) is 29.5 Å². The van der Waals surface area contributed by atoms with Crippen molar-refractivity contribution >= 4 is 29.4 Å². The lowest BCUT2D eigenvalue weighted by atomic mass is 10.1. The van der Waals surface area contributed by atoms with Crippen LogP contribution in [0.1, 0.15) is 18.1 Å². The zero-order valence-electron chi connectivity index (χ0n) is 12.7. The minimum absolute atomic E-state index is 0.151. The molecule has 2 aromatic rings. The van der Waals surface area contributed by atoms with E-state index < -0.39 is 0 Å². The van der Waals surface area contributed by atoms with E-state index in [1.54, 1.807) is 18.2 Å². The fraction of sp³-hybridized carbons (Fsp3) is 0.167. The molecule has 2 N–H and O–H groups in total. The normalized spacial score (nSPS) is 19.0. The third-order valence-corrected chi connectivity index (χ3v) is 4.57. The number of benzene rings is 2. The van der Waals surface area contributed by atoms with Crippen LogP contribution in [0.15, 0.2) is 53.4 Å². The summed E-state index contributed by atoms with van der Waals surface area (Å²) < 4.78 is 13.2. The molecule has 3 rings (SSSR count). The molecule has 0 aromatic heterocycles. The number of hydrogen-bond donors (Lipinski definition) is 2. The summed E-state index contributed by atoms with van der Waals surface area (Å²) in [4.78, 5) is 12.6. The molecular formula is C18H17FN2OS. The molecule has 1 amide bonds. The molecule has 1 atom stereocenters. The summed E-state index contributed by atoms with van der Waals surface area (Å²) in [6, 6.07) is 14.3. The van der Waals surface area contributed by atoms with Gasteiger partial charge >= 0.3 is 0 Å². The molecule has 2 aromatic carbocycles. The zero-order chi connectivity index (χ0) is 16.2. The Labute approximate surface area is 139 Å². The van der Waals surface area contributed by atoms with Crippen molar-refractivity contribution in [2.75, 3.05) is 5.32 Å². The van der Waals surface area contributed by atoms with Gasteiger partial charge in [0.2, 0.25) is 0 Å². The number of thioether (sulfide) groups is 1. The third-order valence-electron chi connectivity index (χ3n) is 3.54. The number of halogens is 1. The highest BCUT2D eigenvalue weighted by Crippen LogP contribution is 2.30. The van der Waals surface area contributed by atoms with Gasteiger partial charge in [-0.15, -0.1) is 0 Å². The van der Waals surface area contributed by atoms with E-state index in [4.69, 9.17) is 0 Å². The van der Waals surface area contributed by atoms with Crippen LogP contribution in [-0.2, 0) is 11.2 Å². The molecule has 0 bridgehead atoms. The van der Waals surface area contributed by atoms with Crippen molar-refractivity contribution in [3.8, 4) is 0 Å². The molecule has 0 spiro atoms. The molecule has 0 unspecified atom stereocenters. The molecule has 1 aliphatic heterocycles. The maximum absolute atomic E-state index is 13.2. The van der Waals surface area contributed by atoms with E-state index in [9.17, 15) is 9.18 Å². The lowest BCUT2D eigenvalue weighted by molar-refractivity contribution is -0.116. The fourth-order valence-corrected chi connectivity index (χ4v) is 3.29. The molecule has 0 saturated carbocycles. The van der Waals surface area contributed by atoms with E-state index in [0.29, 0.717) is 10.5 Å². The number of amides is 1. The molecule has 23 heavy (non-hydrogen) atoms. The van der Waals surface area contributed by atoms with Crippen molar-refractivity contribution in [1.82, 2.24) is 5.32 Å². The quantitative estimate of drug-likeness (QED) is 0.834. The Morgan fingerprint density at radius 3 is 2.74 bits per heavy atom. The Kier molecular flexibility index (Phi) is 4.67. The SMILES string of the molecule is CCc1ccc(N[C@H]2NC(=O)/C(=C/c3cccc(F)c3)S2)cc1. The Balaban J connectivity index is 1.69. The van der Waals surface area contributed by atoms with E-state index in [2.05, 4.69) is 29.7 Å². The van der Waals surface area contributed by atoms with Crippen LogP contribution < -0.4 is 10.6 Å². The molecule has 1 fully saturated rings. The molecule has 118 valence electrons. The van der Waals surface area contributed by atoms with Gasteiger partial charge in [0.1, 0.15) is 5.82 Å². The van der Waals surface area contributed by atoms with Crippen LogP contribution in [0.2, 0.25) is 0 Å².